The van der Waals surface area contributed by atoms with Crippen LogP contribution in [0, 0.1) is 0 Å². The molecule has 0 radical (unpaired) electrons. The number of rotatable bonds is 11. The lowest BCUT2D eigenvalue weighted by Crippen LogP contribution is -1.94. The Kier molecular flexibility index (Phi) is 8.82. The molecule has 0 spiro atoms. The highest BCUT2D eigenvalue weighted by atomic mass is 31.3. The van der Waals surface area contributed by atoms with E-state index in [-0.39, 0.29) is 6.61 Å². The summed E-state index contributed by atoms with van der Waals surface area (Å²) in [5, 5.41) is 0. The van der Waals surface area contributed by atoms with Crippen LogP contribution in [0.5, 0.6) is 0 Å². The summed E-state index contributed by atoms with van der Waals surface area (Å²) >= 11 is 0. The van der Waals surface area contributed by atoms with E-state index in [4.69, 9.17) is 14.7 Å². The van der Waals surface area contributed by atoms with Crippen molar-refractivity contribution in [3.8, 4) is 0 Å². The Morgan fingerprint density at radius 2 is 1.62 bits per heavy atom. The van der Waals surface area contributed by atoms with Gasteiger partial charge in [-0.1, -0.05) is 34.9 Å². The van der Waals surface area contributed by atoms with Crippen molar-refractivity contribution >= 4 is 15.6 Å². The van der Waals surface area contributed by atoms with Crippen LogP contribution >= 0.6 is 15.6 Å². The third-order valence-corrected chi connectivity index (χ3v) is 5.57. The minimum absolute atomic E-state index is 0.254. The average molecular weight is 380 g/mol. The van der Waals surface area contributed by atoms with E-state index in [1.807, 2.05) is 6.92 Å². The molecule has 0 amide bonds. The third-order valence-electron chi connectivity index (χ3n) is 3.42. The van der Waals surface area contributed by atoms with Gasteiger partial charge >= 0.3 is 15.6 Å². The van der Waals surface area contributed by atoms with Crippen LogP contribution in [-0.2, 0) is 18.0 Å². The van der Waals surface area contributed by atoms with E-state index < -0.39 is 15.6 Å². The van der Waals surface area contributed by atoms with E-state index >= 15 is 0 Å². The van der Waals surface area contributed by atoms with Crippen molar-refractivity contribution in [2.45, 2.75) is 52.4 Å². The van der Waals surface area contributed by atoms with Gasteiger partial charge in [0.25, 0.3) is 0 Å². The molecule has 0 aromatic heterocycles. The summed E-state index contributed by atoms with van der Waals surface area (Å²) in [6.07, 6.45) is 12.4. The van der Waals surface area contributed by atoms with E-state index in [2.05, 4.69) is 27.9 Å². The molecule has 9 heteroatoms. The molecular formula is C15H26O7P2. The number of phosphoric acid groups is 2. The summed E-state index contributed by atoms with van der Waals surface area (Å²) in [6.45, 7) is 3.71. The molecule has 1 fully saturated rings. The van der Waals surface area contributed by atoms with Crippen LogP contribution in [0.3, 0.4) is 0 Å². The topological polar surface area (TPSA) is 113 Å². The van der Waals surface area contributed by atoms with Gasteiger partial charge in [-0.15, -0.1) is 0 Å². The summed E-state index contributed by atoms with van der Waals surface area (Å²) in [4.78, 5) is 26.1. The van der Waals surface area contributed by atoms with E-state index in [0.717, 1.165) is 31.3 Å². The normalized spacial score (nSPS) is 18.5. The largest absolute Gasteiger partial charge is 0.481 e. The Bertz CT molecular complexity index is 595. The molecule has 1 rings (SSSR count). The van der Waals surface area contributed by atoms with Gasteiger partial charge < -0.3 is 14.7 Å². The number of allylic oxidation sites excluding steroid dienone is 5. The maximum atomic E-state index is 11.2. The van der Waals surface area contributed by atoms with Crippen LogP contribution in [0.25, 0.3) is 0 Å². The van der Waals surface area contributed by atoms with Crippen LogP contribution in [-0.4, -0.2) is 21.3 Å². The first-order chi connectivity index (χ1) is 11.1. The molecule has 1 aliphatic carbocycles. The first-order valence-corrected chi connectivity index (χ1v) is 10.8. The van der Waals surface area contributed by atoms with Crippen LogP contribution in [0.4, 0.5) is 0 Å². The number of phosphoric ester groups is 1. The van der Waals surface area contributed by atoms with Crippen molar-refractivity contribution in [3.05, 3.63) is 34.9 Å². The molecule has 1 atom stereocenters. The van der Waals surface area contributed by atoms with Gasteiger partial charge in [-0.3, -0.25) is 4.52 Å². The lowest BCUT2D eigenvalue weighted by molar-refractivity contribution is 0.191. The first kappa shape index (κ1) is 21.5. The van der Waals surface area contributed by atoms with Crippen molar-refractivity contribution in [2.24, 2.45) is 0 Å². The third kappa shape index (κ3) is 11.9. The molecule has 1 aliphatic rings. The van der Waals surface area contributed by atoms with Gasteiger partial charge in [0, 0.05) is 0 Å². The number of hydrogen-bond donors (Lipinski definition) is 3. The highest BCUT2D eigenvalue weighted by molar-refractivity contribution is 7.60. The maximum Gasteiger partial charge on any atom is 0.481 e. The van der Waals surface area contributed by atoms with Gasteiger partial charge in [-0.25, -0.2) is 9.13 Å². The minimum atomic E-state index is -5.06. The molecule has 1 unspecified atom stereocenters. The Morgan fingerprint density at radius 3 is 2.21 bits per heavy atom. The second kappa shape index (κ2) is 9.83. The van der Waals surface area contributed by atoms with Gasteiger partial charge in [0.15, 0.2) is 0 Å². The first-order valence-electron chi connectivity index (χ1n) is 7.81. The van der Waals surface area contributed by atoms with E-state index in [1.165, 1.54) is 18.4 Å². The Hall–Kier alpha value is -0.520. The zero-order chi connectivity index (χ0) is 18.2. The Balaban J connectivity index is 2.24. The van der Waals surface area contributed by atoms with Gasteiger partial charge in [-0.2, -0.15) is 4.31 Å². The van der Waals surface area contributed by atoms with E-state index in [0.29, 0.717) is 0 Å². The zero-order valence-electron chi connectivity index (χ0n) is 14.1. The summed E-state index contributed by atoms with van der Waals surface area (Å²) in [5.74, 6) is 0. The quantitative estimate of drug-likeness (QED) is 0.360. The fourth-order valence-electron chi connectivity index (χ4n) is 1.96. The molecule has 0 bridgehead atoms. The second-order valence-electron chi connectivity index (χ2n) is 5.88. The van der Waals surface area contributed by atoms with Crippen LogP contribution < -0.4 is 0 Å². The van der Waals surface area contributed by atoms with Crippen molar-refractivity contribution in [2.75, 3.05) is 6.61 Å². The van der Waals surface area contributed by atoms with Gasteiger partial charge in [0.05, 0.1) is 6.61 Å². The van der Waals surface area contributed by atoms with Crippen molar-refractivity contribution in [1.29, 1.82) is 0 Å². The van der Waals surface area contributed by atoms with Crippen LogP contribution in [0.15, 0.2) is 34.9 Å². The van der Waals surface area contributed by atoms with Crippen molar-refractivity contribution in [3.63, 3.8) is 0 Å². The fourth-order valence-corrected chi connectivity index (χ4v) is 3.49. The maximum absolute atomic E-state index is 11.2. The Morgan fingerprint density at radius 1 is 1.04 bits per heavy atom. The predicted octanol–water partition coefficient (Wildman–Crippen LogP) is 4.39. The summed E-state index contributed by atoms with van der Waals surface area (Å²) in [6, 6.07) is 0. The van der Waals surface area contributed by atoms with E-state index in [1.54, 1.807) is 11.6 Å². The predicted molar refractivity (Wildman–Crippen MR) is 92.2 cm³/mol. The zero-order valence-corrected chi connectivity index (χ0v) is 15.8. The molecule has 24 heavy (non-hydrogen) atoms. The van der Waals surface area contributed by atoms with E-state index in [9.17, 15) is 9.13 Å². The van der Waals surface area contributed by atoms with Gasteiger partial charge in [0.1, 0.15) is 0 Å². The Labute approximate surface area is 142 Å². The molecule has 0 heterocycles. The standard InChI is InChI=1S/C15H26O7P2/c1-13(7-4-8-15-9-10-15)5-3-6-14(2)11-12-21-24(19,20)22-23(16,17)18/h5,8,11H,3-4,6-7,9-10,12H2,1-2H3,(H,19,20)(H2,16,17,18)/b13-5-,14-11-. The molecule has 0 aromatic carbocycles. The molecule has 138 valence electrons. The minimum Gasteiger partial charge on any atom is -0.302 e. The highest BCUT2D eigenvalue weighted by Gasteiger charge is 2.31. The van der Waals surface area contributed by atoms with Gasteiger partial charge in [-0.05, 0) is 52.4 Å². The lowest BCUT2D eigenvalue weighted by atomic mass is 10.1. The highest BCUT2D eigenvalue weighted by Crippen LogP contribution is 2.57. The SMILES string of the molecule is C/C(=C/CC/C(C)=C\COP(=O)(O)OP(=O)(O)O)CCC=C1CC1. The summed E-state index contributed by atoms with van der Waals surface area (Å²) < 4.78 is 29.9. The number of hydrogen-bond acceptors (Lipinski definition) is 4. The van der Waals surface area contributed by atoms with Gasteiger partial charge in [0.2, 0.25) is 0 Å². The second-order valence-corrected chi connectivity index (χ2v) is 8.71. The summed E-state index contributed by atoms with van der Waals surface area (Å²) in [7, 11) is -9.81. The van der Waals surface area contributed by atoms with Crippen molar-refractivity contribution < 1.29 is 32.6 Å². The van der Waals surface area contributed by atoms with Crippen LogP contribution in [0.2, 0.25) is 0 Å². The smallest absolute Gasteiger partial charge is 0.302 e. The van der Waals surface area contributed by atoms with Crippen LogP contribution in [0.1, 0.15) is 52.4 Å². The molecule has 7 nitrogen and oxygen atoms in total. The van der Waals surface area contributed by atoms with Crippen molar-refractivity contribution in [1.82, 2.24) is 0 Å². The molecular weight excluding hydrogens is 354 g/mol. The molecule has 0 aliphatic heterocycles. The monoisotopic (exact) mass is 380 g/mol. The fraction of sp³-hybridized carbons (Fsp3) is 0.600. The molecule has 0 saturated heterocycles. The summed E-state index contributed by atoms with van der Waals surface area (Å²) in [5.41, 5.74) is 3.85. The lowest BCUT2D eigenvalue weighted by Gasteiger charge is -2.11. The molecule has 0 aromatic rings. The average Bonchev–Trinajstić information content (AvgIpc) is 3.19. The molecule has 1 saturated carbocycles. The molecule has 3 N–H and O–H groups in total.